The SMILES string of the molecule is [2H]c1ccc2ccc3cc([2H])c(-c4c([2H])c([2H])cc5c4c([2H])c([2H])c4c(-c6c([2H])c([2H])c([2H])c([2H])c6[2H])nc6cc([2H])c([2H])c(N(c7c([2H])c([2H])c([2H])c([2H])c7[2H])c7c([2H])c([2H])c([2H])c([2H])c7[2H])c6c45)nc3c2n1. The summed E-state index contributed by atoms with van der Waals surface area (Å²) in [5, 5.41) is -1.09. The molecule has 4 heteroatoms. The maximum atomic E-state index is 9.88. The van der Waals surface area contributed by atoms with Gasteiger partial charge in [0, 0.05) is 55.6 Å². The van der Waals surface area contributed by atoms with Gasteiger partial charge in [0.15, 0.2) is 0 Å². The molecular weight excluding hydrogens is 621 g/mol. The van der Waals surface area contributed by atoms with Gasteiger partial charge >= 0.3 is 0 Å². The molecule has 0 saturated carbocycles. The molecule has 0 aliphatic rings. The molecule has 0 unspecified atom stereocenters. The van der Waals surface area contributed by atoms with Gasteiger partial charge in [-0.15, -0.1) is 0 Å². The fourth-order valence-corrected chi connectivity index (χ4v) is 6.16. The second kappa shape index (κ2) is 11.9. The molecule has 0 atom stereocenters. The van der Waals surface area contributed by atoms with Crippen molar-refractivity contribution in [2.45, 2.75) is 0 Å². The fraction of sp³-hybridized carbons (Fsp3) is 0. The molecule has 0 bridgehead atoms. The third kappa shape index (κ3) is 4.80. The van der Waals surface area contributed by atoms with Crippen molar-refractivity contribution in [3.05, 3.63) is 182 Å². The van der Waals surface area contributed by atoms with Crippen LogP contribution < -0.4 is 4.90 Å². The summed E-state index contributed by atoms with van der Waals surface area (Å²) >= 11 is 0. The molecule has 0 radical (unpaired) electrons. The average Bonchev–Trinajstić information content (AvgIpc) is 3.37. The van der Waals surface area contributed by atoms with Gasteiger partial charge in [-0.3, -0.25) is 4.98 Å². The zero-order valence-electron chi connectivity index (χ0n) is 48.8. The number of aromatic nitrogens is 3. The monoisotopic (exact) mass is 673 g/mol. The van der Waals surface area contributed by atoms with Gasteiger partial charge < -0.3 is 4.90 Å². The number of fused-ring (bicyclic) bond motifs is 8. The molecule has 10 aromatic rings. The van der Waals surface area contributed by atoms with E-state index in [0.29, 0.717) is 15.7 Å². The summed E-state index contributed by atoms with van der Waals surface area (Å²) in [6.07, 6.45) is -0.126. The number of nitrogens with zero attached hydrogens (tertiary/aromatic N) is 4. The van der Waals surface area contributed by atoms with Crippen LogP contribution in [0.5, 0.6) is 0 Å². The van der Waals surface area contributed by atoms with Crippen LogP contribution in [0.25, 0.3) is 76.8 Å². The highest BCUT2D eigenvalue weighted by molar-refractivity contribution is 6.27. The summed E-state index contributed by atoms with van der Waals surface area (Å²) in [4.78, 5) is 14.4. The Hall–Kier alpha value is -6.91. The molecule has 0 fully saturated rings. The van der Waals surface area contributed by atoms with Crippen molar-refractivity contribution < 1.29 is 31.5 Å². The summed E-state index contributed by atoms with van der Waals surface area (Å²) < 4.78 is 207. The second-order valence-electron chi connectivity index (χ2n) is 11.1. The first-order chi connectivity index (χ1) is 34.8. The second-order valence-corrected chi connectivity index (χ2v) is 11.1. The Kier molecular flexibility index (Phi) is 3.30. The number of hydrogen-bond donors (Lipinski definition) is 0. The predicted molar refractivity (Wildman–Crippen MR) is 213 cm³/mol. The molecule has 4 nitrogen and oxygen atoms in total. The zero-order chi connectivity index (χ0) is 53.7. The Morgan fingerprint density at radius 1 is 0.490 bits per heavy atom. The Bertz CT molecular complexity index is 4100. The van der Waals surface area contributed by atoms with E-state index in [1.807, 2.05) is 0 Å². The number of rotatable bonds is 5. The van der Waals surface area contributed by atoms with Crippen LogP contribution >= 0.6 is 0 Å². The van der Waals surface area contributed by atoms with E-state index in [2.05, 4.69) is 4.98 Å². The highest BCUT2D eigenvalue weighted by atomic mass is 15.1. The topological polar surface area (TPSA) is 41.9 Å². The molecule has 0 amide bonds. The van der Waals surface area contributed by atoms with E-state index >= 15 is 0 Å². The molecule has 238 valence electrons. The van der Waals surface area contributed by atoms with E-state index in [1.165, 1.54) is 12.1 Å². The standard InChI is InChI=1S/C47H30N4/c1-4-13-31(14-5-1)45-39-28-27-36-37(40-29-26-33-25-24-32-15-12-30-48-46(32)47(33)49-40)20-10-21-38(36)43(39)44-41(50-45)22-11-23-42(44)51(34-16-6-2-7-17-34)35-18-8-3-9-19-35/h1-30H/i1D,2D,3D,4D,5D,6D,7D,8D,9D,10D,11D,13D,14D,16D,17D,18D,19D,20D,23D,27D,28D,29D,30D. The van der Waals surface area contributed by atoms with E-state index in [4.69, 9.17) is 26.4 Å². The molecule has 0 spiro atoms. The lowest BCUT2D eigenvalue weighted by Gasteiger charge is -2.27. The van der Waals surface area contributed by atoms with Crippen LogP contribution in [-0.4, -0.2) is 15.0 Å². The molecule has 0 saturated heterocycles. The lowest BCUT2D eigenvalue weighted by Crippen LogP contribution is -2.10. The molecule has 0 N–H and O–H groups in total. The Morgan fingerprint density at radius 2 is 1.18 bits per heavy atom. The molecular formula is C47H30N4. The number of para-hydroxylation sites is 2. The largest absolute Gasteiger partial charge is 0.310 e. The van der Waals surface area contributed by atoms with Crippen LogP contribution in [0.2, 0.25) is 0 Å². The van der Waals surface area contributed by atoms with E-state index in [1.54, 1.807) is 18.2 Å². The molecule has 51 heavy (non-hydrogen) atoms. The fourth-order valence-electron chi connectivity index (χ4n) is 6.16. The van der Waals surface area contributed by atoms with Crippen molar-refractivity contribution in [2.75, 3.05) is 4.90 Å². The maximum Gasteiger partial charge on any atom is 0.0972 e. The van der Waals surface area contributed by atoms with Crippen LogP contribution in [0.1, 0.15) is 31.5 Å². The van der Waals surface area contributed by atoms with Gasteiger partial charge in [0.05, 0.1) is 65.2 Å². The van der Waals surface area contributed by atoms with Gasteiger partial charge in [0.1, 0.15) is 0 Å². The first kappa shape index (κ1) is 14.1. The highest BCUT2D eigenvalue weighted by Crippen LogP contribution is 2.46. The number of benzene rings is 7. The van der Waals surface area contributed by atoms with E-state index < -0.39 is 177 Å². The number of hydrogen-bond acceptors (Lipinski definition) is 4. The summed E-state index contributed by atoms with van der Waals surface area (Å²) in [5.41, 5.74) is -4.48. The predicted octanol–water partition coefficient (Wildman–Crippen LogP) is 12.4. The van der Waals surface area contributed by atoms with Gasteiger partial charge in [-0.1, -0.05) is 127 Å². The quantitative estimate of drug-likeness (QED) is 0.171. The summed E-state index contributed by atoms with van der Waals surface area (Å²) in [6, 6.07) is -8.82. The smallest absolute Gasteiger partial charge is 0.0972 e. The summed E-state index contributed by atoms with van der Waals surface area (Å²) in [6.45, 7) is 0. The Labute approximate surface area is 327 Å². The van der Waals surface area contributed by atoms with Crippen LogP contribution in [0, 0.1) is 0 Å². The average molecular weight is 674 g/mol. The van der Waals surface area contributed by atoms with Crippen molar-refractivity contribution in [2.24, 2.45) is 0 Å². The van der Waals surface area contributed by atoms with E-state index in [9.17, 15) is 15.1 Å². The minimum Gasteiger partial charge on any atom is -0.310 e. The molecule has 0 aliphatic heterocycles. The lowest BCUT2D eigenvalue weighted by atomic mass is 9.91. The minimum atomic E-state index is -1.02. The van der Waals surface area contributed by atoms with Crippen LogP contribution in [0.3, 0.4) is 0 Å². The number of pyridine rings is 3. The van der Waals surface area contributed by atoms with E-state index in [0.717, 1.165) is 12.1 Å². The highest BCUT2D eigenvalue weighted by Gasteiger charge is 2.21. The summed E-state index contributed by atoms with van der Waals surface area (Å²) in [5.74, 6) is 0. The Balaban J connectivity index is 1.53. The van der Waals surface area contributed by atoms with Gasteiger partial charge in [-0.2, -0.15) is 0 Å². The van der Waals surface area contributed by atoms with Crippen molar-refractivity contribution in [3.8, 4) is 22.5 Å². The van der Waals surface area contributed by atoms with Gasteiger partial charge in [0.2, 0.25) is 0 Å². The van der Waals surface area contributed by atoms with E-state index in [-0.39, 0.29) is 45.3 Å². The third-order valence-electron chi connectivity index (χ3n) is 8.31. The minimum absolute atomic E-state index is 0.126. The lowest BCUT2D eigenvalue weighted by molar-refractivity contribution is 1.29. The maximum absolute atomic E-state index is 9.88. The third-order valence-corrected chi connectivity index (χ3v) is 8.31. The first-order valence-electron chi connectivity index (χ1n) is 26.8. The molecule has 3 heterocycles. The van der Waals surface area contributed by atoms with Gasteiger partial charge in [0.25, 0.3) is 0 Å². The van der Waals surface area contributed by atoms with Gasteiger partial charge in [-0.05, 0) is 59.2 Å². The zero-order valence-corrected chi connectivity index (χ0v) is 25.8. The van der Waals surface area contributed by atoms with Crippen molar-refractivity contribution in [3.63, 3.8) is 0 Å². The molecule has 3 aromatic heterocycles. The van der Waals surface area contributed by atoms with Crippen LogP contribution in [0.15, 0.2) is 182 Å². The van der Waals surface area contributed by atoms with Crippen molar-refractivity contribution in [1.29, 1.82) is 0 Å². The van der Waals surface area contributed by atoms with Crippen LogP contribution in [-0.2, 0) is 0 Å². The van der Waals surface area contributed by atoms with Crippen molar-refractivity contribution in [1.82, 2.24) is 15.0 Å². The molecule has 7 aromatic carbocycles. The normalized spacial score (nSPS) is 17.8. The van der Waals surface area contributed by atoms with Crippen molar-refractivity contribution >= 4 is 71.3 Å². The Morgan fingerprint density at radius 3 is 1.94 bits per heavy atom. The van der Waals surface area contributed by atoms with Crippen LogP contribution in [0.4, 0.5) is 17.1 Å². The molecule has 0 aliphatic carbocycles. The molecule has 10 rings (SSSR count). The summed E-state index contributed by atoms with van der Waals surface area (Å²) in [7, 11) is 0. The number of anilines is 3. The van der Waals surface area contributed by atoms with Gasteiger partial charge in [-0.25, -0.2) is 9.97 Å². The first-order valence-corrected chi connectivity index (χ1v) is 15.3.